The predicted molar refractivity (Wildman–Crippen MR) is 67.0 cm³/mol. The number of hydrogen-bond donors (Lipinski definition) is 2. The molecule has 0 bridgehead atoms. The van der Waals surface area contributed by atoms with E-state index in [0.29, 0.717) is 12.5 Å². The summed E-state index contributed by atoms with van der Waals surface area (Å²) < 4.78 is 5.37. The zero-order valence-corrected chi connectivity index (χ0v) is 10.9. The number of nitrogen functional groups attached to an aromatic ring is 1. The summed E-state index contributed by atoms with van der Waals surface area (Å²) >= 11 is 0. The Bertz CT molecular complexity index is 437. The van der Waals surface area contributed by atoms with Gasteiger partial charge < -0.3 is 15.4 Å². The van der Waals surface area contributed by atoms with E-state index in [9.17, 15) is 4.79 Å². The largest absolute Gasteiger partial charge is 0.460 e. The Balaban J connectivity index is 1.94. The third-order valence-corrected chi connectivity index (χ3v) is 2.70. The molecule has 1 aliphatic heterocycles. The van der Waals surface area contributed by atoms with Crippen LogP contribution in [0, 0.1) is 5.92 Å². The number of anilines is 2. The topological polar surface area (TPSA) is 97.1 Å². The molecule has 1 fully saturated rings. The van der Waals surface area contributed by atoms with E-state index in [4.69, 9.17) is 10.5 Å². The predicted octanol–water partition coefficient (Wildman–Crippen LogP) is 0.555. The first-order valence-electron chi connectivity index (χ1n) is 6.01. The Labute approximate surface area is 106 Å². The van der Waals surface area contributed by atoms with Gasteiger partial charge in [0.05, 0.1) is 5.92 Å². The molecule has 7 heteroatoms. The van der Waals surface area contributed by atoms with Crippen molar-refractivity contribution in [2.45, 2.75) is 32.8 Å². The summed E-state index contributed by atoms with van der Waals surface area (Å²) in [6.07, 6.45) is 0.753. The molecule has 0 aliphatic carbocycles. The summed E-state index contributed by atoms with van der Waals surface area (Å²) in [5, 5.41) is 6.57. The second kappa shape index (κ2) is 4.47. The minimum Gasteiger partial charge on any atom is -0.460 e. The van der Waals surface area contributed by atoms with E-state index in [1.807, 2.05) is 25.7 Å². The Morgan fingerprint density at radius 2 is 2.28 bits per heavy atom. The van der Waals surface area contributed by atoms with Crippen LogP contribution in [0.15, 0.2) is 0 Å². The standard InChI is InChI=1S/C11H19N5O2/c1-11(2,3)18-8(17)7-4-5-16(6-7)10-13-9(12)14-15-10/h7H,4-6H2,1-3H3,(H3,12,13,14,15). The number of nitrogens with one attached hydrogen (secondary N) is 1. The van der Waals surface area contributed by atoms with Crippen molar-refractivity contribution in [1.82, 2.24) is 15.2 Å². The molecule has 2 rings (SSSR count). The van der Waals surface area contributed by atoms with Gasteiger partial charge in [0.1, 0.15) is 5.60 Å². The van der Waals surface area contributed by atoms with Gasteiger partial charge in [0.15, 0.2) is 0 Å². The molecule has 1 aromatic heterocycles. The Kier molecular flexibility index (Phi) is 3.14. The lowest BCUT2D eigenvalue weighted by Crippen LogP contribution is -2.30. The molecule has 1 atom stereocenters. The Hall–Kier alpha value is -1.79. The molecule has 1 unspecified atom stereocenters. The summed E-state index contributed by atoms with van der Waals surface area (Å²) in [5.74, 6) is 0.543. The fraction of sp³-hybridized carbons (Fsp3) is 0.727. The van der Waals surface area contributed by atoms with Crippen LogP contribution in [0.5, 0.6) is 0 Å². The fourth-order valence-corrected chi connectivity index (χ4v) is 1.93. The molecule has 1 saturated heterocycles. The quantitative estimate of drug-likeness (QED) is 0.747. The van der Waals surface area contributed by atoms with Crippen molar-refractivity contribution in [3.63, 3.8) is 0 Å². The maximum Gasteiger partial charge on any atom is 0.311 e. The number of ether oxygens (including phenoxy) is 1. The molecule has 3 N–H and O–H groups in total. The number of nitrogens with zero attached hydrogens (tertiary/aromatic N) is 3. The van der Waals surface area contributed by atoms with Crippen LogP contribution in [-0.2, 0) is 9.53 Å². The molecular formula is C11H19N5O2. The summed E-state index contributed by atoms with van der Waals surface area (Å²) in [5.41, 5.74) is 5.03. The number of aromatic nitrogens is 3. The van der Waals surface area contributed by atoms with Crippen LogP contribution < -0.4 is 10.6 Å². The van der Waals surface area contributed by atoms with Gasteiger partial charge in [-0.3, -0.25) is 4.79 Å². The normalized spacial score (nSPS) is 20.2. The van der Waals surface area contributed by atoms with Gasteiger partial charge in [-0.1, -0.05) is 0 Å². The minimum atomic E-state index is -0.445. The summed E-state index contributed by atoms with van der Waals surface area (Å²) in [7, 11) is 0. The maximum atomic E-state index is 11.9. The van der Waals surface area contributed by atoms with Crippen LogP contribution in [0.25, 0.3) is 0 Å². The molecule has 18 heavy (non-hydrogen) atoms. The molecule has 0 spiro atoms. The average molecular weight is 253 g/mol. The van der Waals surface area contributed by atoms with Crippen molar-refractivity contribution < 1.29 is 9.53 Å². The third-order valence-electron chi connectivity index (χ3n) is 2.70. The highest BCUT2D eigenvalue weighted by atomic mass is 16.6. The molecule has 0 radical (unpaired) electrons. The number of rotatable bonds is 2. The molecule has 0 saturated carbocycles. The first-order chi connectivity index (χ1) is 8.35. The van der Waals surface area contributed by atoms with Gasteiger partial charge in [0, 0.05) is 13.1 Å². The zero-order valence-electron chi connectivity index (χ0n) is 10.9. The highest BCUT2D eigenvalue weighted by Gasteiger charge is 2.33. The Morgan fingerprint density at radius 1 is 1.56 bits per heavy atom. The van der Waals surface area contributed by atoms with Gasteiger partial charge in [0.2, 0.25) is 11.9 Å². The van der Waals surface area contributed by atoms with E-state index in [-0.39, 0.29) is 17.8 Å². The van der Waals surface area contributed by atoms with E-state index in [0.717, 1.165) is 13.0 Å². The molecule has 7 nitrogen and oxygen atoms in total. The summed E-state index contributed by atoms with van der Waals surface area (Å²) in [4.78, 5) is 17.9. The van der Waals surface area contributed by atoms with E-state index >= 15 is 0 Å². The molecule has 2 heterocycles. The number of carbonyl (C=O) groups is 1. The molecule has 1 aliphatic rings. The Morgan fingerprint density at radius 3 is 2.83 bits per heavy atom. The first-order valence-corrected chi connectivity index (χ1v) is 6.01. The third kappa shape index (κ3) is 2.91. The van der Waals surface area contributed by atoms with Crippen molar-refractivity contribution in [2.75, 3.05) is 23.7 Å². The number of esters is 1. The van der Waals surface area contributed by atoms with E-state index in [1.54, 1.807) is 0 Å². The van der Waals surface area contributed by atoms with Crippen molar-refractivity contribution in [1.29, 1.82) is 0 Å². The van der Waals surface area contributed by atoms with Crippen LogP contribution in [0.3, 0.4) is 0 Å². The SMILES string of the molecule is CC(C)(C)OC(=O)C1CCN(c2n[nH]c(N)n2)C1. The van der Waals surface area contributed by atoms with Crippen molar-refractivity contribution >= 4 is 17.9 Å². The molecule has 0 amide bonds. The lowest BCUT2D eigenvalue weighted by atomic mass is 10.1. The molecule has 1 aromatic rings. The first kappa shape index (κ1) is 12.7. The summed E-state index contributed by atoms with van der Waals surface area (Å²) in [6, 6.07) is 0. The van der Waals surface area contributed by atoms with Crippen LogP contribution in [0.4, 0.5) is 11.9 Å². The lowest BCUT2D eigenvalue weighted by molar-refractivity contribution is -0.159. The van der Waals surface area contributed by atoms with Crippen LogP contribution in [0.1, 0.15) is 27.2 Å². The lowest BCUT2D eigenvalue weighted by Gasteiger charge is -2.22. The van der Waals surface area contributed by atoms with E-state index in [1.165, 1.54) is 0 Å². The highest BCUT2D eigenvalue weighted by Crippen LogP contribution is 2.23. The van der Waals surface area contributed by atoms with Crippen LogP contribution in [0.2, 0.25) is 0 Å². The molecule has 0 aromatic carbocycles. The zero-order chi connectivity index (χ0) is 13.3. The molecular weight excluding hydrogens is 234 g/mol. The van der Waals surface area contributed by atoms with Crippen LogP contribution in [-0.4, -0.2) is 39.8 Å². The maximum absolute atomic E-state index is 11.9. The minimum absolute atomic E-state index is 0.121. The monoisotopic (exact) mass is 253 g/mol. The van der Waals surface area contributed by atoms with E-state index in [2.05, 4.69) is 15.2 Å². The number of H-pyrrole nitrogens is 1. The van der Waals surface area contributed by atoms with Gasteiger partial charge in [-0.25, -0.2) is 5.10 Å². The number of hydrogen-bond acceptors (Lipinski definition) is 6. The number of nitrogens with two attached hydrogens (primary N) is 1. The fourth-order valence-electron chi connectivity index (χ4n) is 1.93. The van der Waals surface area contributed by atoms with Crippen molar-refractivity contribution in [3.8, 4) is 0 Å². The smallest absolute Gasteiger partial charge is 0.311 e. The van der Waals surface area contributed by atoms with Crippen molar-refractivity contribution in [2.24, 2.45) is 5.92 Å². The van der Waals surface area contributed by atoms with Gasteiger partial charge in [-0.05, 0) is 27.2 Å². The van der Waals surface area contributed by atoms with Crippen LogP contribution >= 0.6 is 0 Å². The average Bonchev–Trinajstić information content (AvgIpc) is 2.82. The molecule has 100 valence electrons. The van der Waals surface area contributed by atoms with Gasteiger partial charge in [-0.15, -0.1) is 5.10 Å². The number of carbonyl (C=O) groups excluding carboxylic acids is 1. The highest BCUT2D eigenvalue weighted by molar-refractivity contribution is 5.74. The van der Waals surface area contributed by atoms with Crippen molar-refractivity contribution in [3.05, 3.63) is 0 Å². The second-order valence-electron chi connectivity index (χ2n) is 5.49. The van der Waals surface area contributed by atoms with Gasteiger partial charge in [-0.2, -0.15) is 4.98 Å². The second-order valence-corrected chi connectivity index (χ2v) is 5.49. The number of aromatic amines is 1. The van der Waals surface area contributed by atoms with Gasteiger partial charge >= 0.3 is 5.97 Å². The van der Waals surface area contributed by atoms with E-state index < -0.39 is 5.60 Å². The van der Waals surface area contributed by atoms with Gasteiger partial charge in [0.25, 0.3) is 0 Å². The summed E-state index contributed by atoms with van der Waals surface area (Å²) in [6.45, 7) is 6.92.